The number of rotatable bonds is 3. The number of benzene rings is 2. The van der Waals surface area contributed by atoms with E-state index in [1.54, 1.807) is 0 Å². The maximum Gasteiger partial charge on any atom is 0.321 e. The number of carbonyl (C=O) groups is 1. The molecule has 3 rings (SSSR count). The van der Waals surface area contributed by atoms with Crippen molar-refractivity contribution in [1.29, 1.82) is 0 Å². The highest BCUT2D eigenvalue weighted by Crippen LogP contribution is 2.15. The molecule has 0 spiro atoms. The molecular formula is C20H25N3O. The van der Waals surface area contributed by atoms with Crippen molar-refractivity contribution < 1.29 is 4.79 Å². The molecule has 1 fully saturated rings. The maximum absolute atomic E-state index is 12.5. The summed E-state index contributed by atoms with van der Waals surface area (Å²) >= 11 is 0. The van der Waals surface area contributed by atoms with Gasteiger partial charge in [0.25, 0.3) is 0 Å². The van der Waals surface area contributed by atoms with E-state index in [0.29, 0.717) is 0 Å². The molecule has 2 amide bonds. The van der Waals surface area contributed by atoms with Crippen LogP contribution in [0.15, 0.2) is 48.5 Å². The van der Waals surface area contributed by atoms with Gasteiger partial charge in [-0.25, -0.2) is 4.79 Å². The van der Waals surface area contributed by atoms with Crippen molar-refractivity contribution in [2.45, 2.75) is 20.4 Å². The number of piperazine rings is 1. The van der Waals surface area contributed by atoms with Gasteiger partial charge in [0.15, 0.2) is 0 Å². The molecule has 0 unspecified atom stereocenters. The molecule has 1 aliphatic rings. The topological polar surface area (TPSA) is 35.6 Å². The lowest BCUT2D eigenvalue weighted by atomic mass is 10.1. The van der Waals surface area contributed by atoms with Crippen LogP contribution in [-0.2, 0) is 6.54 Å². The lowest BCUT2D eigenvalue weighted by Gasteiger charge is -2.34. The number of urea groups is 1. The molecule has 1 N–H and O–H groups in total. The molecule has 1 aliphatic heterocycles. The standard InChI is InChI=1S/C20H25N3O/c1-16-12-17(2)14-19(13-16)21-20(24)23-10-8-22(9-11-23)15-18-6-4-3-5-7-18/h3-7,12-14H,8-11,15H2,1-2H3,(H,21,24). The highest BCUT2D eigenvalue weighted by molar-refractivity contribution is 5.89. The molecule has 0 radical (unpaired) electrons. The highest BCUT2D eigenvalue weighted by atomic mass is 16.2. The number of anilines is 1. The first kappa shape index (κ1) is 16.5. The molecule has 0 atom stereocenters. The third kappa shape index (κ3) is 4.36. The Morgan fingerprint density at radius 3 is 2.21 bits per heavy atom. The molecule has 0 aromatic heterocycles. The van der Waals surface area contributed by atoms with E-state index in [-0.39, 0.29) is 6.03 Å². The SMILES string of the molecule is Cc1cc(C)cc(NC(=O)N2CCN(Cc3ccccc3)CC2)c1. The zero-order valence-corrected chi connectivity index (χ0v) is 14.5. The second-order valence-electron chi connectivity index (χ2n) is 6.56. The lowest BCUT2D eigenvalue weighted by molar-refractivity contribution is 0.143. The van der Waals surface area contributed by atoms with Crippen LogP contribution in [0, 0.1) is 13.8 Å². The molecule has 4 heteroatoms. The number of aryl methyl sites for hydroxylation is 2. The Morgan fingerprint density at radius 2 is 1.58 bits per heavy atom. The van der Waals surface area contributed by atoms with Crippen molar-refractivity contribution >= 4 is 11.7 Å². The van der Waals surface area contributed by atoms with Crippen LogP contribution in [0.4, 0.5) is 10.5 Å². The normalized spacial score (nSPS) is 15.3. The van der Waals surface area contributed by atoms with Crippen LogP contribution >= 0.6 is 0 Å². The zero-order chi connectivity index (χ0) is 16.9. The Hall–Kier alpha value is -2.33. The first-order valence-corrected chi connectivity index (χ1v) is 8.51. The number of hydrogen-bond acceptors (Lipinski definition) is 2. The summed E-state index contributed by atoms with van der Waals surface area (Å²) in [6, 6.07) is 16.6. The monoisotopic (exact) mass is 323 g/mol. The van der Waals surface area contributed by atoms with Crippen LogP contribution in [0.5, 0.6) is 0 Å². The minimum atomic E-state index is -0.000592. The number of carbonyl (C=O) groups excluding carboxylic acids is 1. The van der Waals surface area contributed by atoms with Gasteiger partial charge in [0.1, 0.15) is 0 Å². The van der Waals surface area contributed by atoms with Gasteiger partial charge in [0, 0.05) is 38.4 Å². The third-order valence-electron chi connectivity index (χ3n) is 4.38. The lowest BCUT2D eigenvalue weighted by Crippen LogP contribution is -2.49. The summed E-state index contributed by atoms with van der Waals surface area (Å²) in [4.78, 5) is 16.8. The van der Waals surface area contributed by atoms with Gasteiger partial charge >= 0.3 is 6.03 Å². The average Bonchev–Trinajstić information content (AvgIpc) is 2.55. The average molecular weight is 323 g/mol. The maximum atomic E-state index is 12.5. The Labute approximate surface area is 144 Å². The second-order valence-corrected chi connectivity index (χ2v) is 6.56. The molecule has 126 valence electrons. The molecule has 0 bridgehead atoms. The van der Waals surface area contributed by atoms with Gasteiger partial charge in [-0.15, -0.1) is 0 Å². The van der Waals surface area contributed by atoms with Crippen LogP contribution in [0.25, 0.3) is 0 Å². The van der Waals surface area contributed by atoms with Gasteiger partial charge < -0.3 is 10.2 Å². The number of nitrogens with zero attached hydrogens (tertiary/aromatic N) is 2. The van der Waals surface area contributed by atoms with Crippen molar-refractivity contribution in [3.8, 4) is 0 Å². The summed E-state index contributed by atoms with van der Waals surface area (Å²) in [7, 11) is 0. The van der Waals surface area contributed by atoms with Gasteiger partial charge in [0.05, 0.1) is 0 Å². The van der Waals surface area contributed by atoms with Gasteiger partial charge in [0.2, 0.25) is 0 Å². The molecule has 4 nitrogen and oxygen atoms in total. The number of amides is 2. The van der Waals surface area contributed by atoms with Crippen molar-refractivity contribution in [1.82, 2.24) is 9.80 Å². The van der Waals surface area contributed by atoms with Crippen LogP contribution in [0.1, 0.15) is 16.7 Å². The van der Waals surface area contributed by atoms with Crippen molar-refractivity contribution in [3.05, 3.63) is 65.2 Å². The number of hydrogen-bond donors (Lipinski definition) is 1. The van der Waals surface area contributed by atoms with E-state index < -0.39 is 0 Å². The Morgan fingerprint density at radius 1 is 0.958 bits per heavy atom. The predicted octanol–water partition coefficient (Wildman–Crippen LogP) is 3.65. The van der Waals surface area contributed by atoms with E-state index in [4.69, 9.17) is 0 Å². The predicted molar refractivity (Wildman–Crippen MR) is 98.2 cm³/mol. The quantitative estimate of drug-likeness (QED) is 0.936. The summed E-state index contributed by atoms with van der Waals surface area (Å²) < 4.78 is 0. The summed E-state index contributed by atoms with van der Waals surface area (Å²) in [5.74, 6) is 0. The van der Waals surface area contributed by atoms with Crippen molar-refractivity contribution in [3.63, 3.8) is 0 Å². The molecule has 2 aromatic carbocycles. The summed E-state index contributed by atoms with van der Waals surface area (Å²) in [6.07, 6.45) is 0. The van der Waals surface area contributed by atoms with Crippen LogP contribution < -0.4 is 5.32 Å². The fraction of sp³-hybridized carbons (Fsp3) is 0.350. The summed E-state index contributed by atoms with van der Waals surface area (Å²) in [5.41, 5.74) is 4.53. The fourth-order valence-electron chi connectivity index (χ4n) is 3.20. The van der Waals surface area contributed by atoms with E-state index in [2.05, 4.69) is 40.5 Å². The Kier molecular flexibility index (Phi) is 5.16. The molecule has 1 saturated heterocycles. The molecular weight excluding hydrogens is 298 g/mol. The largest absolute Gasteiger partial charge is 0.322 e. The van der Waals surface area contributed by atoms with E-state index in [1.807, 2.05) is 36.9 Å². The van der Waals surface area contributed by atoms with Crippen LogP contribution in [-0.4, -0.2) is 42.0 Å². The van der Waals surface area contributed by atoms with E-state index in [0.717, 1.165) is 49.5 Å². The first-order valence-electron chi connectivity index (χ1n) is 8.51. The minimum Gasteiger partial charge on any atom is -0.322 e. The minimum absolute atomic E-state index is 0.000592. The van der Waals surface area contributed by atoms with Gasteiger partial charge in [-0.2, -0.15) is 0 Å². The molecule has 0 saturated carbocycles. The highest BCUT2D eigenvalue weighted by Gasteiger charge is 2.21. The third-order valence-corrected chi connectivity index (χ3v) is 4.38. The summed E-state index contributed by atoms with van der Waals surface area (Å²) in [6.45, 7) is 8.40. The van der Waals surface area contributed by atoms with Gasteiger partial charge in [-0.3, -0.25) is 4.90 Å². The molecule has 2 aromatic rings. The van der Waals surface area contributed by atoms with E-state index in [1.165, 1.54) is 5.56 Å². The first-order chi connectivity index (χ1) is 11.6. The Bertz CT molecular complexity index is 671. The van der Waals surface area contributed by atoms with Gasteiger partial charge in [-0.05, 0) is 42.7 Å². The number of nitrogens with one attached hydrogen (secondary N) is 1. The Balaban J connectivity index is 1.51. The molecule has 24 heavy (non-hydrogen) atoms. The smallest absolute Gasteiger partial charge is 0.321 e. The van der Waals surface area contributed by atoms with E-state index >= 15 is 0 Å². The summed E-state index contributed by atoms with van der Waals surface area (Å²) in [5, 5.41) is 3.03. The zero-order valence-electron chi connectivity index (χ0n) is 14.5. The fourth-order valence-corrected chi connectivity index (χ4v) is 3.20. The van der Waals surface area contributed by atoms with Crippen molar-refractivity contribution in [2.75, 3.05) is 31.5 Å². The molecule has 1 heterocycles. The van der Waals surface area contributed by atoms with Crippen LogP contribution in [0.3, 0.4) is 0 Å². The second kappa shape index (κ2) is 7.49. The molecule has 0 aliphatic carbocycles. The van der Waals surface area contributed by atoms with Crippen LogP contribution in [0.2, 0.25) is 0 Å². The van der Waals surface area contributed by atoms with Gasteiger partial charge in [-0.1, -0.05) is 36.4 Å². The van der Waals surface area contributed by atoms with Crippen molar-refractivity contribution in [2.24, 2.45) is 0 Å². The van der Waals surface area contributed by atoms with E-state index in [9.17, 15) is 4.79 Å².